The number of hydrogen-bond donors (Lipinski definition) is 2. The molecule has 0 aliphatic heterocycles. The minimum Gasteiger partial charge on any atom is -0.478 e. The van der Waals surface area contributed by atoms with E-state index in [1.807, 2.05) is 66.7 Å². The molecule has 0 radical (unpaired) electrons. The summed E-state index contributed by atoms with van der Waals surface area (Å²) >= 11 is 0. The molecule has 0 spiro atoms. The maximum absolute atomic E-state index is 11.9. The molecule has 0 bridgehead atoms. The second-order valence-electron chi connectivity index (χ2n) is 8.18. The summed E-state index contributed by atoms with van der Waals surface area (Å²) in [6, 6.07) is 22.8. The number of imidazole rings is 1. The number of nitrogens with zero attached hydrogens (tertiary/aromatic N) is 2. The van der Waals surface area contributed by atoms with Crippen LogP contribution in [0.25, 0.3) is 22.3 Å². The zero-order valence-corrected chi connectivity index (χ0v) is 18.9. The number of hydrogen-bond acceptors (Lipinski definition) is 3. The van der Waals surface area contributed by atoms with Crippen molar-refractivity contribution in [3.8, 4) is 22.3 Å². The maximum atomic E-state index is 11.9. The van der Waals surface area contributed by atoms with Gasteiger partial charge in [0.2, 0.25) is 0 Å². The van der Waals surface area contributed by atoms with Gasteiger partial charge in [0.05, 0.1) is 11.8 Å². The van der Waals surface area contributed by atoms with E-state index in [4.69, 9.17) is 0 Å². The number of benzene rings is 3. The van der Waals surface area contributed by atoms with Crippen molar-refractivity contribution in [2.45, 2.75) is 32.7 Å². The summed E-state index contributed by atoms with van der Waals surface area (Å²) in [4.78, 5) is 27.9. The van der Waals surface area contributed by atoms with E-state index in [0.29, 0.717) is 12.1 Å². The molecule has 1 heterocycles. The zero-order valence-electron chi connectivity index (χ0n) is 18.9. The third kappa shape index (κ3) is 4.91. The van der Waals surface area contributed by atoms with Crippen LogP contribution in [-0.2, 0) is 13.0 Å². The van der Waals surface area contributed by atoms with Crippen LogP contribution in [0.5, 0.6) is 0 Å². The molecule has 0 unspecified atom stereocenters. The molecule has 0 amide bonds. The Kier molecular flexibility index (Phi) is 6.87. The molecule has 0 atom stereocenters. The molecule has 172 valence electrons. The second kappa shape index (κ2) is 10.2. The smallest absolute Gasteiger partial charge is 0.354 e. The van der Waals surface area contributed by atoms with Crippen LogP contribution in [0.3, 0.4) is 0 Å². The third-order valence-corrected chi connectivity index (χ3v) is 5.87. The molecule has 1 aromatic heterocycles. The van der Waals surface area contributed by atoms with Crippen LogP contribution in [0.1, 0.15) is 52.0 Å². The van der Waals surface area contributed by atoms with Gasteiger partial charge in [-0.1, -0.05) is 74.0 Å². The molecule has 0 aliphatic carbocycles. The molecule has 34 heavy (non-hydrogen) atoms. The molecule has 6 nitrogen and oxygen atoms in total. The topological polar surface area (TPSA) is 92.4 Å². The van der Waals surface area contributed by atoms with E-state index >= 15 is 0 Å². The number of unbranched alkanes of at least 4 members (excludes halogenated alkanes) is 1. The largest absolute Gasteiger partial charge is 0.478 e. The van der Waals surface area contributed by atoms with Crippen molar-refractivity contribution in [2.24, 2.45) is 0 Å². The average molecular weight is 455 g/mol. The molecule has 2 N–H and O–H groups in total. The van der Waals surface area contributed by atoms with Crippen LogP contribution in [0.2, 0.25) is 0 Å². The molecule has 6 heteroatoms. The van der Waals surface area contributed by atoms with E-state index in [2.05, 4.69) is 11.9 Å². The van der Waals surface area contributed by atoms with Crippen molar-refractivity contribution in [2.75, 3.05) is 0 Å². The highest BCUT2D eigenvalue weighted by molar-refractivity contribution is 5.97. The standard InChI is InChI=1S/C28H26N2O4/c1-2-3-9-26-29-17-25(28(33)34)30(26)18-19-10-12-21(13-11-19)24-16-22(14-15-23(24)27(31)32)20-7-5-4-6-8-20/h4-8,10-17H,2-3,9,18H2,1H3,(H,31,32)(H,33,34). The van der Waals surface area contributed by atoms with Gasteiger partial charge < -0.3 is 14.8 Å². The lowest BCUT2D eigenvalue weighted by Gasteiger charge is -2.13. The Morgan fingerprint density at radius 2 is 1.56 bits per heavy atom. The predicted molar refractivity (Wildman–Crippen MR) is 131 cm³/mol. The number of aryl methyl sites for hydroxylation is 1. The van der Waals surface area contributed by atoms with Gasteiger partial charge in [-0.15, -0.1) is 0 Å². The van der Waals surface area contributed by atoms with Crippen LogP contribution >= 0.6 is 0 Å². The molecular weight excluding hydrogens is 428 g/mol. The highest BCUT2D eigenvalue weighted by Gasteiger charge is 2.17. The van der Waals surface area contributed by atoms with Crippen molar-refractivity contribution in [3.05, 3.63) is 102 Å². The first-order valence-electron chi connectivity index (χ1n) is 11.3. The fourth-order valence-corrected chi connectivity index (χ4v) is 4.05. The first kappa shape index (κ1) is 23.0. The van der Waals surface area contributed by atoms with Gasteiger partial charge in [0.1, 0.15) is 11.5 Å². The first-order valence-corrected chi connectivity index (χ1v) is 11.3. The molecule has 0 aliphatic rings. The zero-order chi connectivity index (χ0) is 24.1. The Labute approximate surface area is 198 Å². The van der Waals surface area contributed by atoms with Gasteiger partial charge >= 0.3 is 11.9 Å². The maximum Gasteiger partial charge on any atom is 0.354 e. The normalized spacial score (nSPS) is 10.9. The van der Waals surface area contributed by atoms with Crippen molar-refractivity contribution >= 4 is 11.9 Å². The summed E-state index contributed by atoms with van der Waals surface area (Å²) in [6.45, 7) is 2.47. The number of carboxylic acids is 2. The second-order valence-corrected chi connectivity index (χ2v) is 8.18. The van der Waals surface area contributed by atoms with Crippen molar-refractivity contribution in [3.63, 3.8) is 0 Å². The molecular formula is C28H26N2O4. The average Bonchev–Trinajstić information content (AvgIpc) is 3.26. The SMILES string of the molecule is CCCCc1ncc(C(=O)O)n1Cc1ccc(-c2cc(-c3ccccc3)ccc2C(=O)O)cc1. The van der Waals surface area contributed by atoms with Gasteiger partial charge in [0, 0.05) is 13.0 Å². The van der Waals surface area contributed by atoms with Crippen molar-refractivity contribution in [1.82, 2.24) is 9.55 Å². The molecule has 0 saturated heterocycles. The number of carbonyl (C=O) groups is 2. The van der Waals surface area contributed by atoms with Crippen molar-refractivity contribution in [1.29, 1.82) is 0 Å². The van der Waals surface area contributed by atoms with Crippen LogP contribution in [-0.4, -0.2) is 31.7 Å². The molecule has 0 saturated carbocycles. The summed E-state index contributed by atoms with van der Waals surface area (Å²) in [6.07, 6.45) is 4.06. The van der Waals surface area contributed by atoms with Gasteiger partial charge in [-0.3, -0.25) is 0 Å². The van der Waals surface area contributed by atoms with Gasteiger partial charge in [-0.05, 0) is 46.4 Å². The summed E-state index contributed by atoms with van der Waals surface area (Å²) in [7, 11) is 0. The Balaban J connectivity index is 1.67. The number of carboxylic acid groups (broad SMARTS) is 2. The van der Waals surface area contributed by atoms with Crippen LogP contribution < -0.4 is 0 Å². The summed E-state index contributed by atoms with van der Waals surface area (Å²) < 4.78 is 1.74. The predicted octanol–water partition coefficient (Wildman–Crippen LogP) is 6.00. The number of aromatic carboxylic acids is 2. The lowest BCUT2D eigenvalue weighted by Crippen LogP contribution is -2.12. The van der Waals surface area contributed by atoms with E-state index in [1.165, 1.54) is 6.20 Å². The van der Waals surface area contributed by atoms with E-state index in [-0.39, 0.29) is 11.3 Å². The molecule has 4 rings (SSSR count). The summed E-state index contributed by atoms with van der Waals surface area (Å²) in [5.41, 5.74) is 4.69. The monoisotopic (exact) mass is 454 g/mol. The van der Waals surface area contributed by atoms with E-state index in [0.717, 1.165) is 47.3 Å². The molecule has 3 aromatic carbocycles. The van der Waals surface area contributed by atoms with E-state index < -0.39 is 11.9 Å². The molecule has 0 fully saturated rings. The highest BCUT2D eigenvalue weighted by atomic mass is 16.4. The van der Waals surface area contributed by atoms with Crippen LogP contribution in [0, 0.1) is 0 Å². The fraction of sp³-hybridized carbons (Fsp3) is 0.179. The van der Waals surface area contributed by atoms with Gasteiger partial charge in [0.15, 0.2) is 0 Å². The Morgan fingerprint density at radius 1 is 0.853 bits per heavy atom. The number of rotatable bonds is 9. The minimum absolute atomic E-state index is 0.166. The third-order valence-electron chi connectivity index (χ3n) is 5.87. The molecule has 4 aromatic rings. The van der Waals surface area contributed by atoms with Crippen LogP contribution in [0.4, 0.5) is 0 Å². The van der Waals surface area contributed by atoms with Crippen molar-refractivity contribution < 1.29 is 19.8 Å². The Bertz CT molecular complexity index is 1310. The fourth-order valence-electron chi connectivity index (χ4n) is 4.05. The lowest BCUT2D eigenvalue weighted by molar-refractivity contribution is 0.0679. The van der Waals surface area contributed by atoms with Gasteiger partial charge in [-0.25, -0.2) is 14.6 Å². The van der Waals surface area contributed by atoms with E-state index in [9.17, 15) is 19.8 Å². The minimum atomic E-state index is -1.00. The van der Waals surface area contributed by atoms with Gasteiger partial charge in [-0.2, -0.15) is 0 Å². The number of aromatic nitrogens is 2. The quantitative estimate of drug-likeness (QED) is 0.323. The van der Waals surface area contributed by atoms with Crippen LogP contribution in [0.15, 0.2) is 79.0 Å². The Morgan fingerprint density at radius 3 is 2.21 bits per heavy atom. The highest BCUT2D eigenvalue weighted by Crippen LogP contribution is 2.30. The first-order chi connectivity index (χ1) is 16.5. The van der Waals surface area contributed by atoms with E-state index in [1.54, 1.807) is 10.6 Å². The summed E-state index contributed by atoms with van der Waals surface area (Å²) in [5, 5.41) is 19.3. The summed E-state index contributed by atoms with van der Waals surface area (Å²) in [5.74, 6) is -1.23. The Hall–Kier alpha value is -4.19. The van der Waals surface area contributed by atoms with Gasteiger partial charge in [0.25, 0.3) is 0 Å². The lowest BCUT2D eigenvalue weighted by atomic mass is 9.94.